The van der Waals surface area contributed by atoms with E-state index in [4.69, 9.17) is 16.3 Å². The Bertz CT molecular complexity index is 2020. The highest BCUT2D eigenvalue weighted by molar-refractivity contribution is 6.32. The maximum atomic E-state index is 13.5. The van der Waals surface area contributed by atoms with Crippen LogP contribution in [0.4, 0.5) is 16.2 Å². The molecule has 0 spiro atoms. The lowest BCUT2D eigenvalue weighted by Gasteiger charge is -2.45. The molecule has 53 heavy (non-hydrogen) atoms. The molecule has 3 saturated heterocycles. The van der Waals surface area contributed by atoms with E-state index >= 15 is 0 Å². The standard InChI is InChI=1S/C39H44ClN9O4/c1-26-25-49(27(2)24-48(26)31-7-5-28(20-41)33(40)19-31)38(51)29-6-8-37(43-21-29)53-18-4-3-13-45-14-9-30(10-15-45)46-16-11-32-34(46)22-42-23-35(32)47-17-12-36(50)44-39(47)52/h5-8,11,16,19,21-23,26-27,30H,3-4,9-10,12-15,17-18,24-25H2,1-2H3,(H,44,50,52)/t26-,27+/m0/s1. The Labute approximate surface area is 314 Å². The average Bonchev–Trinajstić information content (AvgIpc) is 3.60. The van der Waals surface area contributed by atoms with E-state index in [1.165, 1.54) is 0 Å². The number of likely N-dealkylation sites (tertiary alicyclic amines) is 1. The number of pyridine rings is 2. The molecule has 276 valence electrons. The van der Waals surface area contributed by atoms with E-state index in [0.717, 1.165) is 67.6 Å². The van der Waals surface area contributed by atoms with Crippen LogP contribution in [0.2, 0.25) is 5.02 Å². The minimum absolute atomic E-state index is 0.0284. The summed E-state index contributed by atoms with van der Waals surface area (Å²) in [6.07, 6.45) is 11.5. The maximum Gasteiger partial charge on any atom is 0.328 e. The van der Waals surface area contributed by atoms with Crippen LogP contribution in [-0.4, -0.2) is 100 Å². The highest BCUT2D eigenvalue weighted by atomic mass is 35.5. The van der Waals surface area contributed by atoms with Crippen molar-refractivity contribution < 1.29 is 19.1 Å². The smallest absolute Gasteiger partial charge is 0.328 e. The average molecular weight is 738 g/mol. The molecule has 13 nitrogen and oxygen atoms in total. The number of piperidine rings is 1. The summed E-state index contributed by atoms with van der Waals surface area (Å²) in [5.41, 5.74) is 3.66. The van der Waals surface area contributed by atoms with Crippen LogP contribution in [-0.2, 0) is 4.79 Å². The van der Waals surface area contributed by atoms with Crippen molar-refractivity contribution in [3.8, 4) is 11.9 Å². The van der Waals surface area contributed by atoms with E-state index in [9.17, 15) is 19.6 Å². The molecule has 3 fully saturated rings. The van der Waals surface area contributed by atoms with Gasteiger partial charge in [-0.2, -0.15) is 5.26 Å². The van der Waals surface area contributed by atoms with Crippen molar-refractivity contribution in [3.05, 3.63) is 77.3 Å². The first-order valence-corrected chi connectivity index (χ1v) is 18.7. The van der Waals surface area contributed by atoms with E-state index in [-0.39, 0.29) is 30.3 Å². The number of aromatic nitrogens is 3. The van der Waals surface area contributed by atoms with Crippen LogP contribution in [0, 0.1) is 11.3 Å². The first-order valence-electron chi connectivity index (χ1n) is 18.3. The lowest BCUT2D eigenvalue weighted by Crippen LogP contribution is -2.58. The number of imide groups is 1. The van der Waals surface area contributed by atoms with Gasteiger partial charge in [-0.1, -0.05) is 11.6 Å². The summed E-state index contributed by atoms with van der Waals surface area (Å²) >= 11 is 6.29. The molecular formula is C39H44ClN9O4. The third-order valence-corrected chi connectivity index (χ3v) is 11.0. The lowest BCUT2D eigenvalue weighted by atomic mass is 10.0. The third-order valence-electron chi connectivity index (χ3n) is 10.7. The second-order valence-electron chi connectivity index (χ2n) is 14.2. The van der Waals surface area contributed by atoms with E-state index in [0.29, 0.717) is 54.3 Å². The molecule has 7 rings (SSSR count). The van der Waals surface area contributed by atoms with Crippen LogP contribution in [0.5, 0.6) is 5.88 Å². The zero-order valence-electron chi connectivity index (χ0n) is 30.1. The summed E-state index contributed by atoms with van der Waals surface area (Å²) in [5, 5.41) is 13.0. The van der Waals surface area contributed by atoms with Crippen molar-refractivity contribution in [1.29, 1.82) is 5.26 Å². The maximum absolute atomic E-state index is 13.5. The number of hydrogen-bond donors (Lipinski definition) is 1. The van der Waals surface area contributed by atoms with Gasteiger partial charge in [0.1, 0.15) is 6.07 Å². The summed E-state index contributed by atoms with van der Waals surface area (Å²) < 4.78 is 8.21. The Kier molecular flexibility index (Phi) is 10.8. The number of carbonyl (C=O) groups is 3. The molecule has 14 heteroatoms. The molecule has 4 amide bonds. The Morgan fingerprint density at radius 3 is 2.58 bits per heavy atom. The molecule has 3 aliphatic heterocycles. The number of carbonyl (C=O) groups excluding carboxylic acids is 3. The molecule has 3 aromatic heterocycles. The number of piperazine rings is 1. The van der Waals surface area contributed by atoms with Gasteiger partial charge in [0.2, 0.25) is 11.8 Å². The molecule has 0 unspecified atom stereocenters. The van der Waals surface area contributed by atoms with Crippen LogP contribution in [0.25, 0.3) is 10.9 Å². The number of fused-ring (bicyclic) bond motifs is 1. The van der Waals surface area contributed by atoms with Crippen LogP contribution >= 0.6 is 11.6 Å². The molecule has 4 aromatic rings. The van der Waals surface area contributed by atoms with Gasteiger partial charge in [0.25, 0.3) is 5.91 Å². The van der Waals surface area contributed by atoms with Crippen molar-refractivity contribution >= 4 is 51.7 Å². The fourth-order valence-electron chi connectivity index (χ4n) is 7.72. The molecule has 6 heterocycles. The molecule has 2 atom stereocenters. The Hall–Kier alpha value is -5.19. The summed E-state index contributed by atoms with van der Waals surface area (Å²) in [6.45, 7) is 9.24. The number of rotatable bonds is 10. The first kappa shape index (κ1) is 36.2. The Balaban J connectivity index is 0.833. The Morgan fingerprint density at radius 2 is 1.85 bits per heavy atom. The predicted octanol–water partition coefficient (Wildman–Crippen LogP) is 5.64. The van der Waals surface area contributed by atoms with Gasteiger partial charge in [-0.3, -0.25) is 24.8 Å². The van der Waals surface area contributed by atoms with Gasteiger partial charge in [-0.15, -0.1) is 0 Å². The van der Waals surface area contributed by atoms with Crippen molar-refractivity contribution in [2.24, 2.45) is 0 Å². The summed E-state index contributed by atoms with van der Waals surface area (Å²) in [4.78, 5) is 54.7. The Morgan fingerprint density at radius 1 is 1.02 bits per heavy atom. The molecule has 0 radical (unpaired) electrons. The van der Waals surface area contributed by atoms with Crippen molar-refractivity contribution in [1.82, 2.24) is 29.7 Å². The summed E-state index contributed by atoms with van der Waals surface area (Å²) in [5.74, 6) is 0.208. The van der Waals surface area contributed by atoms with Gasteiger partial charge in [0.05, 0.1) is 46.4 Å². The minimum Gasteiger partial charge on any atom is -0.478 e. The highest BCUT2D eigenvalue weighted by Crippen LogP contribution is 2.33. The lowest BCUT2D eigenvalue weighted by molar-refractivity contribution is -0.120. The molecule has 0 saturated carbocycles. The van der Waals surface area contributed by atoms with Crippen molar-refractivity contribution in [2.75, 3.05) is 55.7 Å². The second-order valence-corrected chi connectivity index (χ2v) is 14.6. The number of benzene rings is 1. The van der Waals surface area contributed by atoms with E-state index < -0.39 is 6.03 Å². The fraction of sp³-hybridized carbons (Fsp3) is 0.436. The number of amides is 4. The van der Waals surface area contributed by atoms with Crippen LogP contribution < -0.4 is 19.9 Å². The largest absolute Gasteiger partial charge is 0.478 e. The van der Waals surface area contributed by atoms with Crippen LogP contribution in [0.3, 0.4) is 0 Å². The van der Waals surface area contributed by atoms with Gasteiger partial charge in [0.15, 0.2) is 0 Å². The monoisotopic (exact) mass is 737 g/mol. The summed E-state index contributed by atoms with van der Waals surface area (Å²) in [6, 6.07) is 13.2. The molecule has 1 aromatic carbocycles. The number of nitrogens with one attached hydrogen (secondary N) is 1. The quantitative estimate of drug-likeness (QED) is 0.205. The van der Waals surface area contributed by atoms with Gasteiger partial charge in [0, 0.05) is 86.8 Å². The summed E-state index contributed by atoms with van der Waals surface area (Å²) in [7, 11) is 0. The van der Waals surface area contributed by atoms with Gasteiger partial charge in [-0.25, -0.2) is 9.78 Å². The van der Waals surface area contributed by atoms with E-state index in [1.54, 1.807) is 35.5 Å². The number of ether oxygens (including phenoxy) is 1. The van der Waals surface area contributed by atoms with Crippen LogP contribution in [0.1, 0.15) is 67.9 Å². The second kappa shape index (κ2) is 15.8. The number of halogens is 1. The van der Waals surface area contributed by atoms with E-state index in [2.05, 4.69) is 48.8 Å². The van der Waals surface area contributed by atoms with Gasteiger partial charge >= 0.3 is 6.03 Å². The van der Waals surface area contributed by atoms with Crippen molar-refractivity contribution in [3.63, 3.8) is 0 Å². The van der Waals surface area contributed by atoms with Gasteiger partial charge < -0.3 is 24.0 Å². The number of anilines is 2. The van der Waals surface area contributed by atoms with Gasteiger partial charge in [-0.05, 0) is 76.4 Å². The predicted molar refractivity (Wildman–Crippen MR) is 202 cm³/mol. The highest BCUT2D eigenvalue weighted by Gasteiger charge is 2.33. The number of urea groups is 1. The van der Waals surface area contributed by atoms with Crippen molar-refractivity contribution in [2.45, 2.75) is 64.1 Å². The van der Waals surface area contributed by atoms with Crippen LogP contribution in [0.15, 0.2) is 61.2 Å². The number of nitriles is 1. The molecule has 1 N–H and O–H groups in total. The SMILES string of the molecule is C[C@@H]1CN(c2ccc(C#N)c(Cl)c2)[C@@H](C)CN1C(=O)c1ccc(OCCCCN2CCC(n3ccc4c(N5CCC(=O)NC5=O)cncc43)CC2)nc1. The molecule has 0 aliphatic carbocycles. The normalized spacial score (nSPS) is 20.1. The molecule has 0 bridgehead atoms. The third kappa shape index (κ3) is 7.79. The zero-order valence-corrected chi connectivity index (χ0v) is 30.8. The number of unbranched alkanes of at least 4 members (excludes halogenated alkanes) is 1. The fourth-order valence-corrected chi connectivity index (χ4v) is 7.94. The topological polar surface area (TPSA) is 140 Å². The van der Waals surface area contributed by atoms with E-state index in [1.807, 2.05) is 36.2 Å². The first-order chi connectivity index (χ1) is 25.7. The number of nitrogens with zero attached hydrogens (tertiary/aromatic N) is 8. The minimum atomic E-state index is -0.400. The molecule has 3 aliphatic rings. The zero-order chi connectivity index (χ0) is 37.1. The number of hydrogen-bond acceptors (Lipinski definition) is 9. The molecular weight excluding hydrogens is 694 g/mol.